The first-order chi connectivity index (χ1) is 10.2. The van der Waals surface area contributed by atoms with E-state index in [9.17, 15) is 0 Å². The topological polar surface area (TPSA) is 27.7 Å². The molecule has 21 heavy (non-hydrogen) atoms. The maximum atomic E-state index is 5.96. The van der Waals surface area contributed by atoms with Gasteiger partial charge in [0.05, 0.1) is 12.7 Å². The van der Waals surface area contributed by atoms with Crippen molar-refractivity contribution >= 4 is 0 Å². The molecule has 0 aromatic carbocycles. The standard InChI is InChI=1S/C17H35N3O/c1-4-19-8-9-21-17(13-19)14-20-7-5-6-16(12-20)11-18-10-15(2)3/h15-18H,4-14H2,1-3H3. The Morgan fingerprint density at radius 1 is 1.19 bits per heavy atom. The molecule has 124 valence electrons. The molecule has 2 saturated heterocycles. The summed E-state index contributed by atoms with van der Waals surface area (Å²) < 4.78 is 5.96. The molecule has 0 aliphatic carbocycles. The van der Waals surface area contributed by atoms with Gasteiger partial charge in [0.1, 0.15) is 0 Å². The summed E-state index contributed by atoms with van der Waals surface area (Å²) >= 11 is 0. The molecule has 4 heteroatoms. The maximum Gasteiger partial charge on any atom is 0.0829 e. The van der Waals surface area contributed by atoms with Crippen LogP contribution in [0.4, 0.5) is 0 Å². The molecule has 2 heterocycles. The van der Waals surface area contributed by atoms with Crippen molar-refractivity contribution in [3.05, 3.63) is 0 Å². The number of hydrogen-bond acceptors (Lipinski definition) is 4. The zero-order chi connectivity index (χ0) is 15.1. The first kappa shape index (κ1) is 17.2. The van der Waals surface area contributed by atoms with Crippen molar-refractivity contribution in [2.24, 2.45) is 11.8 Å². The summed E-state index contributed by atoms with van der Waals surface area (Å²) in [6, 6.07) is 0. The normalized spacial score (nSPS) is 29.1. The van der Waals surface area contributed by atoms with Crippen LogP contribution in [0.5, 0.6) is 0 Å². The minimum atomic E-state index is 0.418. The fourth-order valence-corrected chi connectivity index (χ4v) is 3.53. The third-order valence-electron chi connectivity index (χ3n) is 4.72. The van der Waals surface area contributed by atoms with E-state index in [4.69, 9.17) is 4.74 Å². The summed E-state index contributed by atoms with van der Waals surface area (Å²) in [6.45, 7) is 17.0. The summed E-state index contributed by atoms with van der Waals surface area (Å²) in [5.41, 5.74) is 0. The highest BCUT2D eigenvalue weighted by atomic mass is 16.5. The molecule has 0 amide bonds. The van der Waals surface area contributed by atoms with Crippen molar-refractivity contribution in [3.8, 4) is 0 Å². The van der Waals surface area contributed by atoms with Gasteiger partial charge in [-0.15, -0.1) is 0 Å². The number of morpholine rings is 1. The second-order valence-electron chi connectivity index (χ2n) is 7.21. The zero-order valence-corrected chi connectivity index (χ0v) is 14.3. The predicted octanol–water partition coefficient (Wildman–Crippen LogP) is 1.66. The fraction of sp³-hybridized carbons (Fsp3) is 1.00. The first-order valence-corrected chi connectivity index (χ1v) is 8.94. The molecule has 0 aromatic heterocycles. The van der Waals surface area contributed by atoms with Crippen molar-refractivity contribution in [3.63, 3.8) is 0 Å². The van der Waals surface area contributed by atoms with Crippen LogP contribution in [0.15, 0.2) is 0 Å². The van der Waals surface area contributed by atoms with E-state index in [1.165, 1.54) is 32.5 Å². The largest absolute Gasteiger partial charge is 0.374 e. The van der Waals surface area contributed by atoms with Crippen LogP contribution in [0.3, 0.4) is 0 Å². The Kier molecular flexibility index (Phi) is 7.44. The third kappa shape index (κ3) is 6.23. The van der Waals surface area contributed by atoms with E-state index in [0.717, 1.165) is 51.2 Å². The van der Waals surface area contributed by atoms with Gasteiger partial charge in [-0.3, -0.25) is 4.90 Å². The van der Waals surface area contributed by atoms with E-state index in [-0.39, 0.29) is 0 Å². The lowest BCUT2D eigenvalue weighted by molar-refractivity contribution is -0.0462. The van der Waals surface area contributed by atoms with Crippen LogP contribution in [0, 0.1) is 11.8 Å². The highest BCUT2D eigenvalue weighted by Crippen LogP contribution is 2.17. The van der Waals surface area contributed by atoms with Crippen LogP contribution >= 0.6 is 0 Å². The molecular weight excluding hydrogens is 262 g/mol. The van der Waals surface area contributed by atoms with Crippen LogP contribution in [-0.4, -0.2) is 74.9 Å². The molecule has 2 aliphatic heterocycles. The van der Waals surface area contributed by atoms with Gasteiger partial charge in [0.25, 0.3) is 0 Å². The molecule has 0 saturated carbocycles. The summed E-state index contributed by atoms with van der Waals surface area (Å²) in [6.07, 6.45) is 3.15. The molecule has 2 unspecified atom stereocenters. The van der Waals surface area contributed by atoms with E-state index in [1.54, 1.807) is 0 Å². The van der Waals surface area contributed by atoms with Gasteiger partial charge in [-0.25, -0.2) is 0 Å². The Morgan fingerprint density at radius 2 is 2.05 bits per heavy atom. The van der Waals surface area contributed by atoms with E-state index in [2.05, 4.69) is 35.9 Å². The van der Waals surface area contributed by atoms with Crippen LogP contribution in [0.1, 0.15) is 33.6 Å². The highest BCUT2D eigenvalue weighted by molar-refractivity contribution is 4.79. The molecule has 0 spiro atoms. The minimum absolute atomic E-state index is 0.418. The van der Waals surface area contributed by atoms with Gasteiger partial charge in [-0.1, -0.05) is 20.8 Å². The Bertz CT molecular complexity index is 285. The maximum absolute atomic E-state index is 5.96. The highest BCUT2D eigenvalue weighted by Gasteiger charge is 2.25. The number of ether oxygens (including phenoxy) is 1. The number of likely N-dealkylation sites (N-methyl/N-ethyl adjacent to an activating group) is 1. The van der Waals surface area contributed by atoms with Crippen LogP contribution in [0.2, 0.25) is 0 Å². The summed E-state index contributed by atoms with van der Waals surface area (Å²) in [4.78, 5) is 5.15. The van der Waals surface area contributed by atoms with E-state index < -0.39 is 0 Å². The van der Waals surface area contributed by atoms with Crippen molar-refractivity contribution in [1.29, 1.82) is 0 Å². The SMILES string of the molecule is CCN1CCOC(CN2CCCC(CNCC(C)C)C2)C1. The second kappa shape index (κ2) is 9.09. The van der Waals surface area contributed by atoms with Gasteiger partial charge in [0, 0.05) is 26.2 Å². The van der Waals surface area contributed by atoms with Crippen molar-refractivity contribution in [2.45, 2.75) is 39.7 Å². The zero-order valence-electron chi connectivity index (χ0n) is 14.3. The fourth-order valence-electron chi connectivity index (χ4n) is 3.53. The molecule has 0 radical (unpaired) electrons. The summed E-state index contributed by atoms with van der Waals surface area (Å²) in [7, 11) is 0. The van der Waals surface area contributed by atoms with Crippen molar-refractivity contribution in [1.82, 2.24) is 15.1 Å². The van der Waals surface area contributed by atoms with Gasteiger partial charge < -0.3 is 15.0 Å². The molecule has 0 bridgehead atoms. The quantitative estimate of drug-likeness (QED) is 0.773. The molecule has 2 atom stereocenters. The monoisotopic (exact) mass is 297 g/mol. The summed E-state index contributed by atoms with van der Waals surface area (Å²) in [5, 5.41) is 3.63. The van der Waals surface area contributed by atoms with Crippen molar-refractivity contribution < 1.29 is 4.74 Å². The number of hydrogen-bond donors (Lipinski definition) is 1. The molecule has 0 aromatic rings. The van der Waals surface area contributed by atoms with Crippen LogP contribution in [-0.2, 0) is 4.74 Å². The molecule has 1 N–H and O–H groups in total. The number of likely N-dealkylation sites (tertiary alicyclic amines) is 1. The number of piperidine rings is 1. The Balaban J connectivity index is 1.68. The lowest BCUT2D eigenvalue weighted by atomic mass is 9.97. The van der Waals surface area contributed by atoms with Gasteiger partial charge in [0.15, 0.2) is 0 Å². The molecule has 2 rings (SSSR count). The lowest BCUT2D eigenvalue weighted by Crippen LogP contribution is -2.50. The van der Waals surface area contributed by atoms with Gasteiger partial charge >= 0.3 is 0 Å². The number of nitrogens with one attached hydrogen (secondary N) is 1. The molecule has 2 fully saturated rings. The van der Waals surface area contributed by atoms with E-state index >= 15 is 0 Å². The van der Waals surface area contributed by atoms with Gasteiger partial charge in [-0.05, 0) is 50.9 Å². The molecular formula is C17H35N3O. The van der Waals surface area contributed by atoms with Crippen LogP contribution < -0.4 is 5.32 Å². The minimum Gasteiger partial charge on any atom is -0.374 e. The average Bonchev–Trinajstić information content (AvgIpc) is 2.47. The van der Waals surface area contributed by atoms with Gasteiger partial charge in [-0.2, -0.15) is 0 Å². The second-order valence-corrected chi connectivity index (χ2v) is 7.21. The van der Waals surface area contributed by atoms with E-state index in [0.29, 0.717) is 6.10 Å². The average molecular weight is 297 g/mol. The number of nitrogens with zero attached hydrogens (tertiary/aromatic N) is 2. The smallest absolute Gasteiger partial charge is 0.0829 e. The Labute approximate surface area is 131 Å². The molecule has 2 aliphatic rings. The third-order valence-corrected chi connectivity index (χ3v) is 4.72. The molecule has 4 nitrogen and oxygen atoms in total. The predicted molar refractivity (Wildman–Crippen MR) is 88.7 cm³/mol. The van der Waals surface area contributed by atoms with Crippen LogP contribution in [0.25, 0.3) is 0 Å². The Morgan fingerprint density at radius 3 is 2.81 bits per heavy atom. The lowest BCUT2D eigenvalue weighted by Gasteiger charge is -2.38. The number of rotatable bonds is 7. The van der Waals surface area contributed by atoms with Gasteiger partial charge in [0.2, 0.25) is 0 Å². The first-order valence-electron chi connectivity index (χ1n) is 8.94. The van der Waals surface area contributed by atoms with Crippen molar-refractivity contribution in [2.75, 3.05) is 59.0 Å². The van der Waals surface area contributed by atoms with E-state index in [1.807, 2.05) is 0 Å². The Hall–Kier alpha value is -0.160. The summed E-state index contributed by atoms with van der Waals surface area (Å²) in [5.74, 6) is 1.57.